The number of rotatable bonds is 4. The highest BCUT2D eigenvalue weighted by Gasteiger charge is 2.31. The van der Waals surface area contributed by atoms with Crippen molar-refractivity contribution in [3.05, 3.63) is 29.8 Å². The minimum Gasteiger partial charge on any atom is -0.352 e. The van der Waals surface area contributed by atoms with Crippen LogP contribution in [0.2, 0.25) is 0 Å². The summed E-state index contributed by atoms with van der Waals surface area (Å²) < 4.78 is 0. The Kier molecular flexibility index (Phi) is 4.83. The number of piperidine rings is 1. The minimum atomic E-state index is -0.269. The smallest absolute Gasteiger partial charge is 0.226 e. The second kappa shape index (κ2) is 7.03. The Labute approximate surface area is 141 Å². The predicted molar refractivity (Wildman–Crippen MR) is 90.2 cm³/mol. The normalized spacial score (nSPS) is 21.3. The number of benzene rings is 1. The number of hydrogen-bond donors (Lipinski definition) is 1. The number of nitrogens with one attached hydrogen (secondary N) is 1. The summed E-state index contributed by atoms with van der Waals surface area (Å²) >= 11 is 0. The van der Waals surface area contributed by atoms with Crippen LogP contribution in [-0.2, 0) is 20.9 Å². The van der Waals surface area contributed by atoms with Crippen LogP contribution in [0.4, 0.5) is 5.69 Å². The van der Waals surface area contributed by atoms with Crippen LogP contribution in [0.5, 0.6) is 0 Å². The van der Waals surface area contributed by atoms with E-state index in [9.17, 15) is 14.4 Å². The molecule has 6 heteroatoms. The highest BCUT2D eigenvalue weighted by Crippen LogP contribution is 2.22. The fourth-order valence-corrected chi connectivity index (χ4v) is 3.29. The van der Waals surface area contributed by atoms with Gasteiger partial charge in [-0.2, -0.15) is 0 Å². The van der Waals surface area contributed by atoms with Gasteiger partial charge in [0.2, 0.25) is 17.7 Å². The van der Waals surface area contributed by atoms with Crippen LogP contribution in [0.1, 0.15) is 31.2 Å². The maximum absolute atomic E-state index is 12.2. The van der Waals surface area contributed by atoms with E-state index in [1.807, 2.05) is 29.2 Å². The van der Waals surface area contributed by atoms with Crippen LogP contribution in [-0.4, -0.2) is 42.8 Å². The Morgan fingerprint density at radius 1 is 1.25 bits per heavy atom. The van der Waals surface area contributed by atoms with Gasteiger partial charge in [-0.15, -0.1) is 0 Å². The number of amides is 3. The summed E-state index contributed by atoms with van der Waals surface area (Å²) in [6.45, 7) is 1.64. The van der Waals surface area contributed by atoms with Crippen LogP contribution in [0, 0.1) is 5.92 Å². The van der Waals surface area contributed by atoms with E-state index in [1.165, 1.54) is 0 Å². The van der Waals surface area contributed by atoms with Crippen LogP contribution in [0.25, 0.3) is 0 Å². The molecule has 2 aliphatic rings. The van der Waals surface area contributed by atoms with Crippen LogP contribution >= 0.6 is 0 Å². The van der Waals surface area contributed by atoms with Gasteiger partial charge in [0.05, 0.1) is 5.92 Å². The van der Waals surface area contributed by atoms with Crippen LogP contribution in [0.15, 0.2) is 24.3 Å². The van der Waals surface area contributed by atoms with Crippen molar-refractivity contribution in [1.29, 1.82) is 0 Å². The Balaban J connectivity index is 1.60. The number of carbonyl (C=O) groups excluding carboxylic acids is 3. The van der Waals surface area contributed by atoms with E-state index >= 15 is 0 Å². The van der Waals surface area contributed by atoms with Crippen LogP contribution < -0.4 is 10.2 Å². The molecule has 1 aromatic rings. The Bertz CT molecular complexity index is 659. The molecule has 0 aromatic heterocycles. The van der Waals surface area contributed by atoms with Gasteiger partial charge in [0, 0.05) is 45.2 Å². The van der Waals surface area contributed by atoms with E-state index in [4.69, 9.17) is 0 Å². The molecule has 0 radical (unpaired) electrons. The first-order valence-electron chi connectivity index (χ1n) is 8.45. The van der Waals surface area contributed by atoms with Crippen molar-refractivity contribution in [3.8, 4) is 0 Å². The first-order valence-corrected chi connectivity index (χ1v) is 8.45. The maximum Gasteiger partial charge on any atom is 0.226 e. The lowest BCUT2D eigenvalue weighted by atomic mass is 10.1. The summed E-state index contributed by atoms with van der Waals surface area (Å²) in [5.41, 5.74) is 1.85. The third-order valence-corrected chi connectivity index (χ3v) is 4.72. The Hall–Kier alpha value is -2.37. The molecule has 2 heterocycles. The monoisotopic (exact) mass is 329 g/mol. The van der Waals surface area contributed by atoms with Gasteiger partial charge in [0.15, 0.2) is 0 Å². The maximum atomic E-state index is 12.2. The highest BCUT2D eigenvalue weighted by atomic mass is 16.2. The second-order valence-corrected chi connectivity index (χ2v) is 6.57. The lowest BCUT2D eigenvalue weighted by molar-refractivity contribution is -0.128. The van der Waals surface area contributed by atoms with Gasteiger partial charge in [0.25, 0.3) is 0 Å². The van der Waals surface area contributed by atoms with Crippen LogP contribution in [0.3, 0.4) is 0 Å². The molecule has 1 atom stereocenters. The molecule has 0 saturated carbocycles. The molecule has 24 heavy (non-hydrogen) atoms. The molecule has 0 aliphatic carbocycles. The van der Waals surface area contributed by atoms with Crippen molar-refractivity contribution in [1.82, 2.24) is 10.2 Å². The van der Waals surface area contributed by atoms with Gasteiger partial charge < -0.3 is 15.1 Å². The Morgan fingerprint density at radius 2 is 2.08 bits per heavy atom. The third-order valence-electron chi connectivity index (χ3n) is 4.72. The number of anilines is 1. The molecule has 0 unspecified atom stereocenters. The highest BCUT2D eigenvalue weighted by molar-refractivity contribution is 5.94. The topological polar surface area (TPSA) is 69.7 Å². The van der Waals surface area contributed by atoms with E-state index in [2.05, 4.69) is 5.32 Å². The third kappa shape index (κ3) is 3.58. The molecule has 1 aromatic carbocycles. The second-order valence-electron chi connectivity index (χ2n) is 6.57. The first kappa shape index (κ1) is 16.5. The average molecular weight is 329 g/mol. The molecular formula is C18H23N3O3. The molecule has 3 rings (SSSR count). The largest absolute Gasteiger partial charge is 0.352 e. The molecule has 0 bridgehead atoms. The molecule has 1 N–H and O–H groups in total. The number of likely N-dealkylation sites (tertiary alicyclic amines) is 1. The van der Waals surface area contributed by atoms with Gasteiger partial charge in [-0.05, 0) is 30.5 Å². The van der Waals surface area contributed by atoms with Crippen molar-refractivity contribution >= 4 is 23.4 Å². The molecule has 128 valence electrons. The van der Waals surface area contributed by atoms with Gasteiger partial charge in [-0.25, -0.2) is 0 Å². The summed E-state index contributed by atoms with van der Waals surface area (Å²) in [4.78, 5) is 39.2. The summed E-state index contributed by atoms with van der Waals surface area (Å²) in [5.74, 6) is -0.183. The Morgan fingerprint density at radius 3 is 2.79 bits per heavy atom. The average Bonchev–Trinajstić information content (AvgIpc) is 2.92. The molecule has 0 spiro atoms. The number of nitrogens with zero attached hydrogens (tertiary/aromatic N) is 2. The summed E-state index contributed by atoms with van der Waals surface area (Å²) in [5, 5.41) is 2.90. The first-order chi connectivity index (χ1) is 11.5. The van der Waals surface area contributed by atoms with Gasteiger partial charge >= 0.3 is 0 Å². The van der Waals surface area contributed by atoms with E-state index in [-0.39, 0.29) is 30.1 Å². The van der Waals surface area contributed by atoms with E-state index < -0.39 is 0 Å². The van der Waals surface area contributed by atoms with E-state index in [1.54, 1.807) is 11.9 Å². The molecule has 2 saturated heterocycles. The molecular weight excluding hydrogens is 306 g/mol. The fraction of sp³-hybridized carbons (Fsp3) is 0.500. The zero-order valence-corrected chi connectivity index (χ0v) is 14.0. The van der Waals surface area contributed by atoms with Crippen molar-refractivity contribution in [2.45, 2.75) is 32.2 Å². The van der Waals surface area contributed by atoms with E-state index in [0.717, 1.165) is 30.6 Å². The predicted octanol–water partition coefficient (Wildman–Crippen LogP) is 1.30. The molecule has 2 aliphatic heterocycles. The van der Waals surface area contributed by atoms with Gasteiger partial charge in [-0.3, -0.25) is 14.4 Å². The van der Waals surface area contributed by atoms with Gasteiger partial charge in [-0.1, -0.05) is 12.1 Å². The van der Waals surface area contributed by atoms with E-state index in [0.29, 0.717) is 19.5 Å². The number of carbonyl (C=O) groups is 3. The van der Waals surface area contributed by atoms with Gasteiger partial charge in [0.1, 0.15) is 0 Å². The summed E-state index contributed by atoms with van der Waals surface area (Å²) in [6.07, 6.45) is 2.87. The summed E-state index contributed by atoms with van der Waals surface area (Å²) in [6, 6.07) is 7.73. The zero-order chi connectivity index (χ0) is 17.1. The fourth-order valence-electron chi connectivity index (χ4n) is 3.29. The standard InChI is InChI=1S/C18H23N3O3/c1-20-12-14(10-17(20)23)18(24)19-11-13-5-4-6-15(9-13)21-8-3-2-7-16(21)22/h4-6,9,14H,2-3,7-8,10-12H2,1H3,(H,19,24)/t14-/m1/s1. The lowest BCUT2D eigenvalue weighted by Gasteiger charge is -2.27. The SMILES string of the molecule is CN1C[C@H](C(=O)NCc2cccc(N3CCCCC3=O)c2)CC1=O. The zero-order valence-electron chi connectivity index (χ0n) is 14.0. The lowest BCUT2D eigenvalue weighted by Crippen LogP contribution is -2.35. The molecule has 2 fully saturated rings. The quantitative estimate of drug-likeness (QED) is 0.905. The van der Waals surface area contributed by atoms with Crippen molar-refractivity contribution in [3.63, 3.8) is 0 Å². The van der Waals surface area contributed by atoms with Crippen molar-refractivity contribution < 1.29 is 14.4 Å². The van der Waals surface area contributed by atoms with Crippen molar-refractivity contribution in [2.24, 2.45) is 5.92 Å². The minimum absolute atomic E-state index is 0.0146. The molecule has 3 amide bonds. The number of hydrogen-bond acceptors (Lipinski definition) is 3. The summed E-state index contributed by atoms with van der Waals surface area (Å²) in [7, 11) is 1.72. The van der Waals surface area contributed by atoms with Crippen molar-refractivity contribution in [2.75, 3.05) is 25.0 Å². The molecule has 6 nitrogen and oxygen atoms in total.